The van der Waals surface area contributed by atoms with Crippen LogP contribution in [0.25, 0.3) is 5.82 Å². The lowest BCUT2D eigenvalue weighted by molar-refractivity contribution is -0.123. The number of anilines is 2. The summed E-state index contributed by atoms with van der Waals surface area (Å²) in [6, 6.07) is 17.6. The highest BCUT2D eigenvalue weighted by molar-refractivity contribution is 5.94. The smallest absolute Gasteiger partial charge is 0.231 e. The van der Waals surface area contributed by atoms with Gasteiger partial charge in [-0.1, -0.05) is 36.4 Å². The Morgan fingerprint density at radius 1 is 0.939 bits per heavy atom. The Bertz CT molecular complexity index is 1180. The molecule has 1 amide bonds. The SMILES string of the molecule is O=C(C1CCN(c2cc(-n3cncn3)ncn2)CC1)N(Cc1ccccc1)c1ccccn1. The minimum absolute atomic E-state index is 0.0661. The van der Waals surface area contributed by atoms with E-state index in [0.29, 0.717) is 18.2 Å². The van der Waals surface area contributed by atoms with Gasteiger partial charge in [0, 0.05) is 31.3 Å². The van der Waals surface area contributed by atoms with Crippen molar-refractivity contribution in [1.29, 1.82) is 0 Å². The molecule has 33 heavy (non-hydrogen) atoms. The van der Waals surface area contributed by atoms with E-state index in [9.17, 15) is 4.79 Å². The van der Waals surface area contributed by atoms with Crippen molar-refractivity contribution in [2.45, 2.75) is 19.4 Å². The van der Waals surface area contributed by atoms with E-state index in [4.69, 9.17) is 0 Å². The van der Waals surface area contributed by atoms with Crippen molar-refractivity contribution in [1.82, 2.24) is 29.7 Å². The Hall–Kier alpha value is -4.14. The van der Waals surface area contributed by atoms with Crippen LogP contribution >= 0.6 is 0 Å². The number of hydrogen-bond donors (Lipinski definition) is 0. The number of benzene rings is 1. The first-order chi connectivity index (χ1) is 16.3. The van der Waals surface area contributed by atoms with Gasteiger partial charge < -0.3 is 4.90 Å². The van der Waals surface area contributed by atoms with E-state index in [-0.39, 0.29) is 11.8 Å². The van der Waals surface area contributed by atoms with E-state index in [1.54, 1.807) is 17.2 Å². The van der Waals surface area contributed by atoms with Crippen LogP contribution in [-0.2, 0) is 11.3 Å². The number of pyridine rings is 1. The summed E-state index contributed by atoms with van der Waals surface area (Å²) in [7, 11) is 0. The maximum atomic E-state index is 13.6. The molecule has 0 atom stereocenters. The lowest BCUT2D eigenvalue weighted by Crippen LogP contribution is -2.43. The van der Waals surface area contributed by atoms with Gasteiger partial charge in [0.25, 0.3) is 0 Å². The predicted octanol–water partition coefficient (Wildman–Crippen LogP) is 2.90. The van der Waals surface area contributed by atoms with E-state index in [2.05, 4.69) is 29.9 Å². The van der Waals surface area contributed by atoms with Gasteiger partial charge in [-0.05, 0) is 30.5 Å². The Morgan fingerprint density at radius 2 is 1.73 bits per heavy atom. The second-order valence-corrected chi connectivity index (χ2v) is 7.93. The third-order valence-electron chi connectivity index (χ3n) is 5.84. The highest BCUT2D eigenvalue weighted by Crippen LogP contribution is 2.26. The number of aromatic nitrogens is 6. The molecule has 5 rings (SSSR count). The molecule has 166 valence electrons. The highest BCUT2D eigenvalue weighted by atomic mass is 16.2. The van der Waals surface area contributed by atoms with Crippen molar-refractivity contribution < 1.29 is 4.79 Å². The molecule has 0 radical (unpaired) electrons. The zero-order chi connectivity index (χ0) is 22.5. The highest BCUT2D eigenvalue weighted by Gasteiger charge is 2.30. The minimum Gasteiger partial charge on any atom is -0.356 e. The van der Waals surface area contributed by atoms with Crippen molar-refractivity contribution in [2.24, 2.45) is 5.92 Å². The first-order valence-electron chi connectivity index (χ1n) is 11.0. The number of amides is 1. The fraction of sp³-hybridized carbons (Fsp3) is 0.250. The van der Waals surface area contributed by atoms with Crippen LogP contribution in [-0.4, -0.2) is 48.7 Å². The summed E-state index contributed by atoms with van der Waals surface area (Å²) < 4.78 is 1.61. The van der Waals surface area contributed by atoms with Crippen molar-refractivity contribution in [3.8, 4) is 5.82 Å². The van der Waals surface area contributed by atoms with E-state index >= 15 is 0 Å². The average molecular weight is 441 g/mol. The van der Waals surface area contributed by atoms with Gasteiger partial charge in [-0.15, -0.1) is 0 Å². The fourth-order valence-corrected chi connectivity index (χ4v) is 4.09. The van der Waals surface area contributed by atoms with Crippen molar-refractivity contribution >= 4 is 17.5 Å². The third-order valence-corrected chi connectivity index (χ3v) is 5.84. The molecule has 9 heteroatoms. The summed E-state index contributed by atoms with van der Waals surface area (Å²) >= 11 is 0. The largest absolute Gasteiger partial charge is 0.356 e. The average Bonchev–Trinajstić information content (AvgIpc) is 3.44. The van der Waals surface area contributed by atoms with Crippen LogP contribution in [0.2, 0.25) is 0 Å². The van der Waals surface area contributed by atoms with Crippen molar-refractivity contribution in [2.75, 3.05) is 22.9 Å². The van der Waals surface area contributed by atoms with E-state index in [1.165, 1.54) is 12.7 Å². The van der Waals surface area contributed by atoms with Gasteiger partial charge in [0.05, 0.1) is 6.54 Å². The van der Waals surface area contributed by atoms with Crippen LogP contribution in [0.15, 0.2) is 79.8 Å². The second kappa shape index (κ2) is 9.56. The summed E-state index contributed by atoms with van der Waals surface area (Å²) in [4.78, 5) is 34.7. The number of piperidine rings is 1. The lowest BCUT2D eigenvalue weighted by Gasteiger charge is -2.34. The number of rotatable bonds is 6. The van der Waals surface area contributed by atoms with Gasteiger partial charge in [-0.3, -0.25) is 9.69 Å². The molecule has 0 bridgehead atoms. The lowest BCUT2D eigenvalue weighted by atomic mass is 9.95. The van der Waals surface area contributed by atoms with Gasteiger partial charge in [0.1, 0.15) is 30.6 Å². The van der Waals surface area contributed by atoms with Gasteiger partial charge >= 0.3 is 0 Å². The molecule has 1 aromatic carbocycles. The summed E-state index contributed by atoms with van der Waals surface area (Å²) in [6.07, 6.45) is 7.84. The van der Waals surface area contributed by atoms with Crippen LogP contribution in [0.4, 0.5) is 11.6 Å². The van der Waals surface area contributed by atoms with Crippen LogP contribution < -0.4 is 9.80 Å². The van der Waals surface area contributed by atoms with E-state index in [1.807, 2.05) is 59.5 Å². The number of nitrogens with zero attached hydrogens (tertiary/aromatic N) is 8. The number of carbonyl (C=O) groups excluding carboxylic acids is 1. The molecule has 1 aliphatic rings. The van der Waals surface area contributed by atoms with Gasteiger partial charge in [-0.25, -0.2) is 24.6 Å². The molecule has 0 saturated carbocycles. The molecule has 4 aromatic rings. The predicted molar refractivity (Wildman–Crippen MR) is 124 cm³/mol. The quantitative estimate of drug-likeness (QED) is 0.455. The molecule has 1 aliphatic heterocycles. The van der Waals surface area contributed by atoms with Gasteiger partial charge in [-0.2, -0.15) is 5.10 Å². The Labute approximate surface area is 191 Å². The van der Waals surface area contributed by atoms with Gasteiger partial charge in [0.2, 0.25) is 5.91 Å². The maximum absolute atomic E-state index is 13.6. The number of carbonyl (C=O) groups is 1. The molecule has 0 unspecified atom stereocenters. The molecule has 9 nitrogen and oxygen atoms in total. The molecule has 0 aliphatic carbocycles. The van der Waals surface area contributed by atoms with Crippen LogP contribution in [0, 0.1) is 5.92 Å². The third kappa shape index (κ3) is 4.72. The first kappa shape index (κ1) is 20.7. The molecular formula is C24H24N8O. The van der Waals surface area contributed by atoms with E-state index < -0.39 is 0 Å². The molecule has 4 heterocycles. The summed E-state index contributed by atoms with van der Waals surface area (Å²) in [5.41, 5.74) is 1.08. The van der Waals surface area contributed by atoms with Crippen LogP contribution in [0.3, 0.4) is 0 Å². The Morgan fingerprint density at radius 3 is 2.45 bits per heavy atom. The standard InChI is InChI=1S/C24H24N8O/c33-24(31(21-8-4-5-11-26-21)15-19-6-2-1-3-7-19)20-9-12-30(13-10-20)22-14-23(28-17-27-22)32-18-25-16-29-32/h1-8,11,14,16-18,20H,9-10,12-13,15H2. The molecule has 0 N–H and O–H groups in total. The topological polar surface area (TPSA) is 92.9 Å². The minimum atomic E-state index is -0.0661. The molecular weight excluding hydrogens is 416 g/mol. The Balaban J connectivity index is 1.29. The summed E-state index contributed by atoms with van der Waals surface area (Å²) in [6.45, 7) is 1.99. The second-order valence-electron chi connectivity index (χ2n) is 7.93. The Kier molecular flexibility index (Phi) is 6.01. The normalized spacial score (nSPS) is 14.2. The van der Waals surface area contributed by atoms with Crippen LogP contribution in [0.1, 0.15) is 18.4 Å². The molecule has 3 aromatic heterocycles. The first-order valence-corrected chi connectivity index (χ1v) is 11.0. The monoisotopic (exact) mass is 440 g/mol. The fourth-order valence-electron chi connectivity index (χ4n) is 4.09. The van der Waals surface area contributed by atoms with E-state index in [0.717, 1.165) is 37.3 Å². The summed E-state index contributed by atoms with van der Waals surface area (Å²) in [5.74, 6) is 2.22. The molecule has 1 fully saturated rings. The van der Waals surface area contributed by atoms with Crippen molar-refractivity contribution in [3.05, 3.63) is 85.3 Å². The summed E-state index contributed by atoms with van der Waals surface area (Å²) in [5, 5.41) is 4.13. The number of hydrogen-bond acceptors (Lipinski definition) is 7. The zero-order valence-electron chi connectivity index (χ0n) is 18.1. The van der Waals surface area contributed by atoms with Crippen molar-refractivity contribution in [3.63, 3.8) is 0 Å². The zero-order valence-corrected chi connectivity index (χ0v) is 18.1. The van der Waals surface area contributed by atoms with Crippen LogP contribution in [0.5, 0.6) is 0 Å². The van der Waals surface area contributed by atoms with Gasteiger partial charge in [0.15, 0.2) is 5.82 Å². The molecule has 0 spiro atoms. The molecule has 1 saturated heterocycles. The maximum Gasteiger partial charge on any atom is 0.231 e.